The number of hydrogen-bond acceptors (Lipinski definition) is 2. The third kappa shape index (κ3) is 6.39. The Morgan fingerprint density at radius 3 is 2.45 bits per heavy atom. The molecule has 0 radical (unpaired) electrons. The van der Waals surface area contributed by atoms with Crippen molar-refractivity contribution in [2.45, 2.75) is 90.1 Å². The van der Waals surface area contributed by atoms with E-state index in [1.807, 2.05) is 6.08 Å². The molecule has 22 heavy (non-hydrogen) atoms. The van der Waals surface area contributed by atoms with E-state index in [1.54, 1.807) is 0 Å². The molecule has 0 aromatic heterocycles. The molecule has 0 spiro atoms. The first-order chi connectivity index (χ1) is 10.2. The smallest absolute Gasteiger partial charge is 0.192 e. The van der Waals surface area contributed by atoms with Gasteiger partial charge in [0, 0.05) is 0 Å². The summed E-state index contributed by atoms with van der Waals surface area (Å²) in [6.45, 7) is 13.8. The largest absolute Gasteiger partial charge is 0.411 e. The van der Waals surface area contributed by atoms with E-state index in [9.17, 15) is 5.11 Å². The maximum absolute atomic E-state index is 9.59. The lowest BCUT2D eigenvalue weighted by molar-refractivity contribution is 0.207. The summed E-state index contributed by atoms with van der Waals surface area (Å²) >= 11 is 0. The molecule has 3 heteroatoms. The molecule has 128 valence electrons. The van der Waals surface area contributed by atoms with Gasteiger partial charge in [-0.05, 0) is 36.9 Å². The summed E-state index contributed by atoms with van der Waals surface area (Å²) in [4.78, 5) is 0. The van der Waals surface area contributed by atoms with Crippen LogP contribution in [0, 0.1) is 5.92 Å². The predicted octanol–water partition coefficient (Wildman–Crippen LogP) is 5.45. The normalized spacial score (nSPS) is 24.3. The zero-order valence-electron chi connectivity index (χ0n) is 15.4. The topological polar surface area (TPSA) is 29.5 Å². The Labute approximate surface area is 138 Å². The van der Waals surface area contributed by atoms with Crippen molar-refractivity contribution in [3.05, 3.63) is 24.3 Å². The SMILES string of the molecule is CCCCCC(/C=C/[C@@H]1C=C[C@@H](O)C1)O[Si](C)(C)C(C)(C)C. The van der Waals surface area contributed by atoms with Gasteiger partial charge in [-0.15, -0.1) is 0 Å². The van der Waals surface area contributed by atoms with E-state index in [0.29, 0.717) is 5.92 Å². The minimum absolute atomic E-state index is 0.221. The van der Waals surface area contributed by atoms with E-state index in [2.05, 4.69) is 59.0 Å². The highest BCUT2D eigenvalue weighted by molar-refractivity contribution is 6.74. The van der Waals surface area contributed by atoms with Crippen LogP contribution in [0.15, 0.2) is 24.3 Å². The fourth-order valence-corrected chi connectivity index (χ4v) is 3.77. The molecule has 2 nitrogen and oxygen atoms in total. The molecular formula is C19H36O2Si. The van der Waals surface area contributed by atoms with Crippen LogP contribution in [0.2, 0.25) is 18.1 Å². The minimum atomic E-state index is -1.74. The highest BCUT2D eigenvalue weighted by Gasteiger charge is 2.38. The van der Waals surface area contributed by atoms with E-state index in [-0.39, 0.29) is 17.2 Å². The van der Waals surface area contributed by atoms with Crippen LogP contribution in [0.25, 0.3) is 0 Å². The van der Waals surface area contributed by atoms with Crippen LogP contribution in [0.1, 0.15) is 59.8 Å². The van der Waals surface area contributed by atoms with Crippen molar-refractivity contribution in [1.82, 2.24) is 0 Å². The van der Waals surface area contributed by atoms with Crippen molar-refractivity contribution in [3.63, 3.8) is 0 Å². The second-order valence-corrected chi connectivity index (χ2v) is 12.9. The lowest BCUT2D eigenvalue weighted by Gasteiger charge is -2.38. The summed E-state index contributed by atoms with van der Waals surface area (Å²) in [5.74, 6) is 0.367. The average molecular weight is 325 g/mol. The molecule has 0 fully saturated rings. The lowest BCUT2D eigenvalue weighted by Crippen LogP contribution is -2.43. The summed E-state index contributed by atoms with van der Waals surface area (Å²) < 4.78 is 6.60. The highest BCUT2D eigenvalue weighted by Crippen LogP contribution is 2.38. The van der Waals surface area contributed by atoms with Gasteiger partial charge in [-0.2, -0.15) is 0 Å². The van der Waals surface area contributed by atoms with Crippen LogP contribution in [-0.2, 0) is 4.43 Å². The van der Waals surface area contributed by atoms with E-state index in [1.165, 1.54) is 19.3 Å². The summed E-state index contributed by atoms with van der Waals surface area (Å²) in [7, 11) is -1.74. The Morgan fingerprint density at radius 2 is 1.95 bits per heavy atom. The lowest BCUT2D eigenvalue weighted by atomic mass is 10.1. The van der Waals surface area contributed by atoms with E-state index in [4.69, 9.17) is 4.43 Å². The molecule has 3 atom stereocenters. The zero-order chi connectivity index (χ0) is 16.8. The number of aliphatic hydroxyl groups excluding tert-OH is 1. The van der Waals surface area contributed by atoms with Gasteiger partial charge in [0.2, 0.25) is 0 Å². The minimum Gasteiger partial charge on any atom is -0.411 e. The number of hydrogen-bond donors (Lipinski definition) is 1. The van der Waals surface area contributed by atoms with Crippen molar-refractivity contribution in [3.8, 4) is 0 Å². The Bertz CT molecular complexity index is 379. The maximum Gasteiger partial charge on any atom is 0.192 e. The van der Waals surface area contributed by atoms with Crippen LogP contribution >= 0.6 is 0 Å². The van der Waals surface area contributed by atoms with Gasteiger partial charge in [-0.25, -0.2) is 0 Å². The third-order valence-corrected chi connectivity index (χ3v) is 9.52. The van der Waals surface area contributed by atoms with E-state index in [0.717, 1.165) is 12.8 Å². The third-order valence-electron chi connectivity index (χ3n) is 5.01. The van der Waals surface area contributed by atoms with E-state index >= 15 is 0 Å². The Kier molecular flexibility index (Phi) is 7.56. The Morgan fingerprint density at radius 1 is 1.27 bits per heavy atom. The molecule has 1 rings (SSSR count). The van der Waals surface area contributed by atoms with Gasteiger partial charge in [0.1, 0.15) is 0 Å². The van der Waals surface area contributed by atoms with Crippen LogP contribution in [0.3, 0.4) is 0 Å². The molecule has 0 aromatic rings. The number of unbranched alkanes of at least 4 members (excludes halogenated alkanes) is 2. The molecule has 1 aliphatic rings. The van der Waals surface area contributed by atoms with Gasteiger partial charge in [-0.1, -0.05) is 71.3 Å². The molecule has 1 aliphatic carbocycles. The molecule has 0 saturated heterocycles. The van der Waals surface area contributed by atoms with Crippen molar-refractivity contribution in [2.75, 3.05) is 0 Å². The summed E-state index contributed by atoms with van der Waals surface area (Å²) in [5, 5.41) is 9.83. The molecule has 0 aromatic carbocycles. The monoisotopic (exact) mass is 324 g/mol. The predicted molar refractivity (Wildman–Crippen MR) is 98.6 cm³/mol. The van der Waals surface area contributed by atoms with Crippen molar-refractivity contribution in [1.29, 1.82) is 0 Å². The Balaban J connectivity index is 2.67. The second-order valence-electron chi connectivity index (χ2n) is 8.15. The fraction of sp³-hybridized carbons (Fsp3) is 0.789. The van der Waals surface area contributed by atoms with Crippen molar-refractivity contribution in [2.24, 2.45) is 5.92 Å². The Hall–Kier alpha value is -0.383. The van der Waals surface area contributed by atoms with Crippen LogP contribution < -0.4 is 0 Å². The van der Waals surface area contributed by atoms with Crippen LogP contribution in [0.5, 0.6) is 0 Å². The molecule has 1 unspecified atom stereocenters. The van der Waals surface area contributed by atoms with Gasteiger partial charge in [0.05, 0.1) is 12.2 Å². The summed E-state index contributed by atoms with van der Waals surface area (Å²) in [6.07, 6.45) is 14.1. The molecule has 0 heterocycles. The first kappa shape index (κ1) is 19.7. The number of rotatable bonds is 8. The van der Waals surface area contributed by atoms with Crippen molar-refractivity contribution < 1.29 is 9.53 Å². The fourth-order valence-electron chi connectivity index (χ4n) is 2.46. The van der Waals surface area contributed by atoms with Gasteiger partial charge in [-0.3, -0.25) is 0 Å². The number of aliphatic hydroxyl groups is 1. The summed E-state index contributed by atoms with van der Waals surface area (Å²) in [6, 6.07) is 0. The van der Waals surface area contributed by atoms with Crippen LogP contribution in [0.4, 0.5) is 0 Å². The standard InChI is InChI=1S/C19H36O2Si/c1-7-8-9-10-18(21-22(5,6)19(2,3)4)14-12-16-11-13-17(20)15-16/h11-14,16-18,20H,7-10,15H2,1-6H3/b14-12+/t16-,17+,18?/m0/s1. The van der Waals surface area contributed by atoms with Gasteiger partial charge in [0.15, 0.2) is 8.32 Å². The molecule has 0 bridgehead atoms. The van der Waals surface area contributed by atoms with Crippen LogP contribution in [-0.4, -0.2) is 25.6 Å². The number of allylic oxidation sites excluding steroid dienone is 2. The molecular weight excluding hydrogens is 288 g/mol. The zero-order valence-corrected chi connectivity index (χ0v) is 16.4. The molecule has 1 N–H and O–H groups in total. The van der Waals surface area contributed by atoms with Gasteiger partial charge >= 0.3 is 0 Å². The van der Waals surface area contributed by atoms with Gasteiger partial charge < -0.3 is 9.53 Å². The average Bonchev–Trinajstić information content (AvgIpc) is 2.80. The quantitative estimate of drug-likeness (QED) is 0.365. The van der Waals surface area contributed by atoms with Gasteiger partial charge in [0.25, 0.3) is 0 Å². The maximum atomic E-state index is 9.59. The first-order valence-corrected chi connectivity index (χ1v) is 11.8. The second kappa shape index (κ2) is 8.46. The van der Waals surface area contributed by atoms with E-state index < -0.39 is 8.32 Å². The molecule has 0 saturated carbocycles. The molecule has 0 amide bonds. The highest BCUT2D eigenvalue weighted by atomic mass is 28.4. The summed E-state index contributed by atoms with van der Waals surface area (Å²) in [5.41, 5.74) is 0. The van der Waals surface area contributed by atoms with Crippen molar-refractivity contribution >= 4 is 8.32 Å². The first-order valence-electron chi connectivity index (χ1n) is 8.88. The molecule has 0 aliphatic heterocycles.